The average Bonchev–Trinajstić information content (AvgIpc) is 3.05. The molecule has 1 aromatic rings. The van der Waals surface area contributed by atoms with Crippen molar-refractivity contribution >= 4 is 5.97 Å². The van der Waals surface area contributed by atoms with Crippen molar-refractivity contribution < 1.29 is 13.9 Å². The number of hydrogen-bond donors (Lipinski definition) is 1. The maximum Gasteiger partial charge on any atom is 0.341 e. The Kier molecular flexibility index (Phi) is 4.38. The smallest absolute Gasteiger partial charge is 0.341 e. The molecule has 1 N–H and O–H groups in total. The normalized spacial score (nSPS) is 19.4. The van der Waals surface area contributed by atoms with E-state index in [0.29, 0.717) is 23.9 Å². The van der Waals surface area contributed by atoms with Crippen molar-refractivity contribution in [3.63, 3.8) is 0 Å². The fourth-order valence-corrected chi connectivity index (χ4v) is 2.39. The molecule has 100 valence electrons. The van der Waals surface area contributed by atoms with Crippen molar-refractivity contribution in [1.29, 1.82) is 0 Å². The van der Waals surface area contributed by atoms with Crippen LogP contribution >= 0.6 is 0 Å². The second kappa shape index (κ2) is 6.02. The second-order valence-corrected chi connectivity index (χ2v) is 4.46. The fourth-order valence-electron chi connectivity index (χ4n) is 2.39. The van der Waals surface area contributed by atoms with E-state index in [2.05, 4.69) is 17.1 Å². The van der Waals surface area contributed by atoms with Crippen molar-refractivity contribution in [3.8, 4) is 0 Å². The van der Waals surface area contributed by atoms with Gasteiger partial charge in [-0.25, -0.2) is 4.79 Å². The van der Waals surface area contributed by atoms with Crippen LogP contribution in [-0.4, -0.2) is 43.7 Å². The lowest BCUT2D eigenvalue weighted by atomic mass is 10.2. The van der Waals surface area contributed by atoms with E-state index >= 15 is 0 Å². The Morgan fingerprint density at radius 1 is 1.67 bits per heavy atom. The van der Waals surface area contributed by atoms with E-state index in [9.17, 15) is 4.79 Å². The number of rotatable bonds is 5. The zero-order chi connectivity index (χ0) is 13.0. The number of likely N-dealkylation sites (N-methyl/N-ethyl adjacent to an activating group) is 1. The Morgan fingerprint density at radius 3 is 3.11 bits per heavy atom. The lowest BCUT2D eigenvalue weighted by Crippen LogP contribution is -2.36. The topological polar surface area (TPSA) is 54.7 Å². The van der Waals surface area contributed by atoms with E-state index < -0.39 is 0 Å². The van der Waals surface area contributed by atoms with Crippen LogP contribution in [0, 0.1) is 0 Å². The molecule has 0 amide bonds. The van der Waals surface area contributed by atoms with Crippen molar-refractivity contribution in [3.05, 3.63) is 23.7 Å². The summed E-state index contributed by atoms with van der Waals surface area (Å²) >= 11 is 0. The molecule has 5 nitrogen and oxygen atoms in total. The third kappa shape index (κ3) is 2.73. The largest absolute Gasteiger partial charge is 0.467 e. The highest BCUT2D eigenvalue weighted by atomic mass is 16.5. The van der Waals surface area contributed by atoms with Gasteiger partial charge in [0.05, 0.1) is 19.9 Å². The first kappa shape index (κ1) is 13.1. The van der Waals surface area contributed by atoms with Gasteiger partial charge in [-0.1, -0.05) is 6.92 Å². The van der Waals surface area contributed by atoms with E-state index in [0.717, 1.165) is 26.1 Å². The van der Waals surface area contributed by atoms with E-state index in [1.807, 2.05) is 0 Å². The van der Waals surface area contributed by atoms with E-state index in [4.69, 9.17) is 9.15 Å². The highest BCUT2D eigenvalue weighted by Gasteiger charge is 2.24. The molecule has 1 aromatic heterocycles. The Morgan fingerprint density at radius 2 is 2.50 bits per heavy atom. The van der Waals surface area contributed by atoms with Gasteiger partial charge in [-0.2, -0.15) is 0 Å². The molecule has 1 atom stereocenters. The third-order valence-electron chi connectivity index (χ3n) is 3.45. The van der Waals surface area contributed by atoms with Crippen molar-refractivity contribution in [2.45, 2.75) is 25.9 Å². The summed E-state index contributed by atoms with van der Waals surface area (Å²) in [6.45, 7) is 5.78. The molecule has 5 heteroatoms. The third-order valence-corrected chi connectivity index (χ3v) is 3.45. The average molecular weight is 252 g/mol. The van der Waals surface area contributed by atoms with Gasteiger partial charge in [0.2, 0.25) is 0 Å². The zero-order valence-electron chi connectivity index (χ0n) is 10.9. The van der Waals surface area contributed by atoms with E-state index in [1.54, 1.807) is 12.3 Å². The lowest BCUT2D eigenvalue weighted by Gasteiger charge is -2.26. The van der Waals surface area contributed by atoms with Gasteiger partial charge in [-0.15, -0.1) is 0 Å². The van der Waals surface area contributed by atoms with Gasteiger partial charge in [-0.3, -0.25) is 4.90 Å². The molecule has 0 radical (unpaired) electrons. The van der Waals surface area contributed by atoms with Gasteiger partial charge in [0.25, 0.3) is 0 Å². The van der Waals surface area contributed by atoms with Gasteiger partial charge in [0, 0.05) is 12.6 Å². The number of methoxy groups -OCH3 is 1. The number of esters is 1. The van der Waals surface area contributed by atoms with Gasteiger partial charge >= 0.3 is 5.97 Å². The predicted molar refractivity (Wildman–Crippen MR) is 67.4 cm³/mol. The van der Waals surface area contributed by atoms with Crippen molar-refractivity contribution in [2.75, 3.05) is 26.7 Å². The maximum atomic E-state index is 11.6. The number of hydrogen-bond acceptors (Lipinski definition) is 5. The molecule has 1 saturated heterocycles. The molecule has 0 saturated carbocycles. The van der Waals surface area contributed by atoms with E-state index in [-0.39, 0.29) is 5.97 Å². The van der Waals surface area contributed by atoms with E-state index in [1.165, 1.54) is 7.11 Å². The standard InChI is InChI=1S/C13H20N2O3/c1-3-15(10-4-6-14-8-10)9-12-11(5-7-18-12)13(16)17-2/h5,7,10,14H,3-4,6,8-9H2,1-2H3. The summed E-state index contributed by atoms with van der Waals surface area (Å²) < 4.78 is 10.2. The molecule has 0 aliphatic carbocycles. The number of carbonyl (C=O) groups is 1. The summed E-state index contributed by atoms with van der Waals surface area (Å²) in [4.78, 5) is 13.9. The summed E-state index contributed by atoms with van der Waals surface area (Å²) in [6, 6.07) is 2.19. The zero-order valence-corrected chi connectivity index (χ0v) is 10.9. The Hall–Kier alpha value is -1.33. The Labute approximate surface area is 107 Å². The van der Waals surface area contributed by atoms with Crippen LogP contribution in [0.4, 0.5) is 0 Å². The minimum Gasteiger partial charge on any atom is -0.467 e. The molecule has 1 fully saturated rings. The lowest BCUT2D eigenvalue weighted by molar-refractivity contribution is 0.0595. The second-order valence-electron chi connectivity index (χ2n) is 4.46. The van der Waals surface area contributed by atoms with Crippen LogP contribution in [0.1, 0.15) is 29.5 Å². The van der Waals surface area contributed by atoms with Crippen molar-refractivity contribution in [1.82, 2.24) is 10.2 Å². The number of nitrogens with zero attached hydrogens (tertiary/aromatic N) is 1. The van der Waals surface area contributed by atoms with Crippen LogP contribution in [-0.2, 0) is 11.3 Å². The first-order valence-corrected chi connectivity index (χ1v) is 6.35. The first-order valence-electron chi connectivity index (χ1n) is 6.35. The molecule has 2 rings (SSSR count). The minimum absolute atomic E-state index is 0.334. The number of furan rings is 1. The molecular weight excluding hydrogens is 232 g/mol. The monoisotopic (exact) mass is 252 g/mol. The highest BCUT2D eigenvalue weighted by Crippen LogP contribution is 2.18. The number of ether oxygens (including phenoxy) is 1. The molecule has 1 aliphatic heterocycles. The van der Waals surface area contributed by atoms with Gasteiger partial charge < -0.3 is 14.5 Å². The van der Waals surface area contributed by atoms with Crippen LogP contribution < -0.4 is 5.32 Å². The first-order chi connectivity index (χ1) is 8.76. The Bertz CT molecular complexity index is 397. The number of carbonyl (C=O) groups excluding carboxylic acids is 1. The highest BCUT2D eigenvalue weighted by molar-refractivity contribution is 5.90. The minimum atomic E-state index is -0.334. The van der Waals surface area contributed by atoms with Gasteiger partial charge in [-0.05, 0) is 25.6 Å². The molecule has 0 spiro atoms. The van der Waals surface area contributed by atoms with Gasteiger partial charge in [0.1, 0.15) is 11.3 Å². The molecule has 18 heavy (non-hydrogen) atoms. The van der Waals surface area contributed by atoms with Crippen LogP contribution in [0.3, 0.4) is 0 Å². The van der Waals surface area contributed by atoms with Crippen LogP contribution in [0.2, 0.25) is 0 Å². The molecule has 2 heterocycles. The molecule has 0 aromatic carbocycles. The SMILES string of the molecule is CCN(Cc1occc1C(=O)OC)C1CCNC1. The van der Waals surface area contributed by atoms with Crippen LogP contribution in [0.25, 0.3) is 0 Å². The molecular formula is C13H20N2O3. The van der Waals surface area contributed by atoms with Crippen LogP contribution in [0.15, 0.2) is 16.7 Å². The molecule has 0 bridgehead atoms. The maximum absolute atomic E-state index is 11.6. The molecule has 1 unspecified atom stereocenters. The molecule has 1 aliphatic rings. The Balaban J connectivity index is 2.07. The summed E-state index contributed by atoms with van der Waals surface area (Å²) in [7, 11) is 1.39. The summed E-state index contributed by atoms with van der Waals surface area (Å²) in [5, 5.41) is 3.35. The quantitative estimate of drug-likeness (QED) is 0.799. The van der Waals surface area contributed by atoms with Crippen LogP contribution in [0.5, 0.6) is 0 Å². The van der Waals surface area contributed by atoms with Crippen molar-refractivity contribution in [2.24, 2.45) is 0 Å². The summed E-state index contributed by atoms with van der Waals surface area (Å²) in [6.07, 6.45) is 2.68. The predicted octanol–water partition coefficient (Wildman–Crippen LogP) is 1.25. The van der Waals surface area contributed by atoms with Gasteiger partial charge in [0.15, 0.2) is 0 Å². The summed E-state index contributed by atoms with van der Waals surface area (Å²) in [5.74, 6) is 0.356. The summed E-state index contributed by atoms with van der Waals surface area (Å²) in [5.41, 5.74) is 0.530. The number of nitrogens with one attached hydrogen (secondary N) is 1. The fraction of sp³-hybridized carbons (Fsp3) is 0.615.